The minimum absolute atomic E-state index is 0.325. The van der Waals surface area contributed by atoms with Crippen molar-refractivity contribution in [2.75, 3.05) is 12.9 Å². The predicted molar refractivity (Wildman–Crippen MR) is 79.5 cm³/mol. The summed E-state index contributed by atoms with van der Waals surface area (Å²) >= 11 is 1.38. The van der Waals surface area contributed by atoms with Crippen molar-refractivity contribution >= 4 is 17.3 Å². The second-order valence-electron chi connectivity index (χ2n) is 4.73. The van der Waals surface area contributed by atoms with Gasteiger partial charge in [0, 0.05) is 11.8 Å². The monoisotopic (exact) mass is 358 g/mol. The number of thioether (sulfide) groups is 1. The molecule has 0 N–H and O–H groups in total. The molecule has 0 radical (unpaired) electrons. The molecule has 10 heteroatoms. The van der Waals surface area contributed by atoms with Gasteiger partial charge in [0.1, 0.15) is 6.33 Å². The highest BCUT2D eigenvalue weighted by atomic mass is 32.2. The van der Waals surface area contributed by atoms with Gasteiger partial charge in [0.15, 0.2) is 17.6 Å². The molecule has 126 valence electrons. The molecule has 0 aliphatic rings. The molecular formula is C14H10F4N4OS. The molecule has 0 atom stereocenters. The van der Waals surface area contributed by atoms with E-state index in [-0.39, 0.29) is 0 Å². The van der Waals surface area contributed by atoms with Gasteiger partial charge in [0.25, 0.3) is 5.88 Å². The van der Waals surface area contributed by atoms with Gasteiger partial charge < -0.3 is 4.74 Å². The molecule has 0 unspecified atom stereocenters. The molecule has 5 nitrogen and oxygen atoms in total. The number of rotatable bonds is 4. The number of ether oxygens (including phenoxy) is 1. The van der Waals surface area contributed by atoms with Crippen LogP contribution in [0.5, 0.6) is 5.88 Å². The number of imidazole rings is 1. The van der Waals surface area contributed by atoms with E-state index in [1.54, 1.807) is 23.0 Å². The van der Waals surface area contributed by atoms with Gasteiger partial charge in [-0.3, -0.25) is 4.40 Å². The van der Waals surface area contributed by atoms with Crippen LogP contribution in [0.1, 0.15) is 0 Å². The summed E-state index contributed by atoms with van der Waals surface area (Å²) in [5, 5.41) is 0.637. The molecule has 0 aliphatic heterocycles. The van der Waals surface area contributed by atoms with Crippen molar-refractivity contribution in [3.63, 3.8) is 0 Å². The summed E-state index contributed by atoms with van der Waals surface area (Å²) in [4.78, 5) is 12.0. The third-order valence-electron chi connectivity index (χ3n) is 3.03. The maximum absolute atomic E-state index is 13.9. The molecule has 3 rings (SSSR count). The lowest BCUT2D eigenvalue weighted by atomic mass is 10.2. The van der Waals surface area contributed by atoms with Gasteiger partial charge in [0.2, 0.25) is 0 Å². The Hall–Kier alpha value is -2.36. The molecule has 0 spiro atoms. The molecule has 0 aromatic carbocycles. The number of pyridine rings is 1. The number of hydrogen-bond acceptors (Lipinski definition) is 5. The maximum atomic E-state index is 13.9. The number of fused-ring (bicyclic) bond motifs is 1. The minimum Gasteiger partial charge on any atom is -0.466 e. The van der Waals surface area contributed by atoms with Gasteiger partial charge in [-0.05, 0) is 18.4 Å². The quantitative estimate of drug-likeness (QED) is 0.405. The fourth-order valence-electron chi connectivity index (χ4n) is 2.01. The van der Waals surface area contributed by atoms with Crippen LogP contribution in [0.2, 0.25) is 0 Å². The second kappa shape index (κ2) is 6.27. The Morgan fingerprint density at radius 3 is 2.71 bits per heavy atom. The molecule has 3 heterocycles. The van der Waals surface area contributed by atoms with Crippen LogP contribution in [0.25, 0.3) is 16.8 Å². The van der Waals surface area contributed by atoms with E-state index in [4.69, 9.17) is 0 Å². The highest BCUT2D eigenvalue weighted by Gasteiger charge is 2.29. The maximum Gasteiger partial charge on any atom is 0.422 e. The fourth-order valence-corrected chi connectivity index (χ4v) is 2.55. The zero-order valence-electron chi connectivity index (χ0n) is 12.2. The van der Waals surface area contributed by atoms with Crippen LogP contribution in [0, 0.1) is 5.82 Å². The van der Waals surface area contributed by atoms with Gasteiger partial charge in [-0.25, -0.2) is 19.3 Å². The van der Waals surface area contributed by atoms with Gasteiger partial charge in [-0.1, -0.05) is 11.8 Å². The number of hydrogen-bond donors (Lipinski definition) is 0. The molecule has 0 saturated carbocycles. The highest BCUT2D eigenvalue weighted by molar-refractivity contribution is 7.98. The third kappa shape index (κ3) is 3.42. The van der Waals surface area contributed by atoms with Gasteiger partial charge >= 0.3 is 6.18 Å². The van der Waals surface area contributed by atoms with E-state index < -0.39 is 24.5 Å². The molecule has 3 aromatic heterocycles. The number of alkyl halides is 3. The zero-order valence-corrected chi connectivity index (χ0v) is 13.0. The van der Waals surface area contributed by atoms with E-state index in [9.17, 15) is 17.6 Å². The summed E-state index contributed by atoms with van der Waals surface area (Å²) in [6.07, 6.45) is 1.71. The standard InChI is InChI=1S/C14H10F4N4OS/c1-24-13-21-11(3-9-5-19-7-22(9)13)8-2-10(15)12(20-4-8)23-6-14(16,17)18/h2-5,7H,6H2,1H3. The van der Waals surface area contributed by atoms with Crippen molar-refractivity contribution in [2.24, 2.45) is 0 Å². The molecule has 0 aliphatic carbocycles. The van der Waals surface area contributed by atoms with Crippen LogP contribution in [-0.4, -0.2) is 38.4 Å². The van der Waals surface area contributed by atoms with E-state index in [1.807, 2.05) is 6.26 Å². The van der Waals surface area contributed by atoms with E-state index in [0.717, 1.165) is 11.6 Å². The molecule has 24 heavy (non-hydrogen) atoms. The molecule has 0 bridgehead atoms. The van der Waals surface area contributed by atoms with Crippen molar-refractivity contribution in [3.05, 3.63) is 36.7 Å². The lowest BCUT2D eigenvalue weighted by Gasteiger charge is -2.10. The Morgan fingerprint density at radius 1 is 1.25 bits per heavy atom. The topological polar surface area (TPSA) is 52.3 Å². The average molecular weight is 358 g/mol. The lowest BCUT2D eigenvalue weighted by Crippen LogP contribution is -2.20. The van der Waals surface area contributed by atoms with Gasteiger partial charge in [-0.15, -0.1) is 0 Å². The second-order valence-corrected chi connectivity index (χ2v) is 5.50. The first kappa shape index (κ1) is 16.5. The predicted octanol–water partition coefficient (Wildman–Crippen LogP) is 3.59. The van der Waals surface area contributed by atoms with E-state index in [0.29, 0.717) is 16.4 Å². The van der Waals surface area contributed by atoms with Crippen LogP contribution in [0.15, 0.2) is 36.0 Å². The van der Waals surface area contributed by atoms with Crippen LogP contribution in [0.3, 0.4) is 0 Å². The van der Waals surface area contributed by atoms with Crippen molar-refractivity contribution in [2.45, 2.75) is 11.3 Å². The first-order chi connectivity index (χ1) is 11.4. The normalized spacial score (nSPS) is 11.9. The lowest BCUT2D eigenvalue weighted by molar-refractivity contribution is -0.154. The van der Waals surface area contributed by atoms with Crippen molar-refractivity contribution in [1.82, 2.24) is 19.4 Å². The van der Waals surface area contributed by atoms with E-state index in [2.05, 4.69) is 19.7 Å². The third-order valence-corrected chi connectivity index (χ3v) is 3.69. The molecule has 0 saturated heterocycles. The first-order valence-electron chi connectivity index (χ1n) is 6.60. The number of halogens is 4. The largest absolute Gasteiger partial charge is 0.466 e. The van der Waals surface area contributed by atoms with Gasteiger partial charge in [-0.2, -0.15) is 13.2 Å². The van der Waals surface area contributed by atoms with Crippen molar-refractivity contribution < 1.29 is 22.3 Å². The SMILES string of the molecule is CSc1nc(-c2cnc(OCC(F)(F)F)c(F)c2)cc2cncn12. The Kier molecular flexibility index (Phi) is 4.31. The zero-order chi connectivity index (χ0) is 17.3. The van der Waals surface area contributed by atoms with Gasteiger partial charge in [0.05, 0.1) is 17.4 Å². The van der Waals surface area contributed by atoms with Crippen LogP contribution in [0.4, 0.5) is 17.6 Å². The Balaban J connectivity index is 1.94. The molecule has 0 fully saturated rings. The highest BCUT2D eigenvalue weighted by Crippen LogP contribution is 2.26. The summed E-state index contributed by atoms with van der Waals surface area (Å²) in [5.41, 5.74) is 1.51. The fraction of sp³-hybridized carbons (Fsp3) is 0.214. The summed E-state index contributed by atoms with van der Waals surface area (Å²) in [7, 11) is 0. The van der Waals surface area contributed by atoms with Crippen molar-refractivity contribution in [1.29, 1.82) is 0 Å². The average Bonchev–Trinajstić information content (AvgIpc) is 3.00. The molecule has 0 amide bonds. The summed E-state index contributed by atoms with van der Waals surface area (Å²) in [5.74, 6) is -1.69. The number of nitrogens with zero attached hydrogens (tertiary/aromatic N) is 4. The number of aromatic nitrogens is 4. The first-order valence-corrected chi connectivity index (χ1v) is 7.82. The summed E-state index contributed by atoms with van der Waals surface area (Å²) in [6, 6.07) is 2.72. The minimum atomic E-state index is -4.56. The van der Waals surface area contributed by atoms with E-state index >= 15 is 0 Å². The van der Waals surface area contributed by atoms with Crippen LogP contribution in [-0.2, 0) is 0 Å². The Morgan fingerprint density at radius 2 is 2.04 bits per heavy atom. The van der Waals surface area contributed by atoms with Crippen molar-refractivity contribution in [3.8, 4) is 17.1 Å². The Bertz CT molecular complexity index is 881. The summed E-state index contributed by atoms with van der Waals surface area (Å²) < 4.78 is 56.4. The molecular weight excluding hydrogens is 348 g/mol. The molecule has 3 aromatic rings. The smallest absolute Gasteiger partial charge is 0.422 e. The van der Waals surface area contributed by atoms with E-state index in [1.165, 1.54) is 18.0 Å². The Labute approximate surface area is 137 Å². The van der Waals surface area contributed by atoms with Crippen LogP contribution >= 0.6 is 11.8 Å². The summed E-state index contributed by atoms with van der Waals surface area (Å²) in [6.45, 7) is -1.60. The van der Waals surface area contributed by atoms with Crippen LogP contribution < -0.4 is 4.74 Å².